The lowest BCUT2D eigenvalue weighted by atomic mass is 9.92. The first-order valence-electron chi connectivity index (χ1n) is 22.5. The molecule has 18 nitrogen and oxygen atoms in total. The SMILES string of the molecule is Cc1c(COc2nc(OCc3cc(C#N)cc(C#N)c3)c(CN[C@](C)(CO)C(=O)O)cc2Cl)cccc1-c1cccc(COc2nc(OCc3cc(C#N)cc(C#N)c3)c(CN[C@](C)(CO)C(=O)O)cc2Cl)c1C. The van der Waals surface area contributed by atoms with Crippen LogP contribution >= 0.6 is 23.2 Å². The molecule has 0 bridgehead atoms. The quantitative estimate of drug-likeness (QED) is 0.0358. The fraction of sp³-hybridized carbons (Fsp3) is 0.259. The monoisotopic (exact) mass is 1040 g/mol. The first kappa shape index (κ1) is 55.0. The Morgan fingerprint density at radius 2 is 0.878 bits per heavy atom. The minimum absolute atomic E-state index is 0.00699. The maximum atomic E-state index is 11.9. The number of carboxylic acid groups (broad SMARTS) is 2. The molecular weight excluding hydrogens is 992 g/mol. The minimum atomic E-state index is -1.71. The third-order valence-electron chi connectivity index (χ3n) is 12.0. The van der Waals surface area contributed by atoms with Crippen molar-refractivity contribution in [3.63, 3.8) is 0 Å². The van der Waals surface area contributed by atoms with E-state index in [1.54, 1.807) is 24.3 Å². The molecule has 2 heterocycles. The van der Waals surface area contributed by atoms with Gasteiger partial charge in [-0.15, -0.1) is 0 Å². The van der Waals surface area contributed by atoms with Crippen molar-refractivity contribution in [1.29, 1.82) is 21.0 Å². The molecule has 0 saturated carbocycles. The number of carboxylic acids is 2. The van der Waals surface area contributed by atoms with Crippen LogP contribution in [0.25, 0.3) is 11.1 Å². The number of aliphatic carboxylic acids is 2. The molecule has 74 heavy (non-hydrogen) atoms. The van der Waals surface area contributed by atoms with Crippen molar-refractivity contribution < 1.29 is 49.0 Å². The van der Waals surface area contributed by atoms with Gasteiger partial charge in [0.05, 0.1) is 59.7 Å². The van der Waals surface area contributed by atoms with E-state index in [2.05, 4.69) is 20.6 Å². The van der Waals surface area contributed by atoms with Gasteiger partial charge < -0.3 is 39.4 Å². The predicted octanol–water partition coefficient (Wildman–Crippen LogP) is 7.72. The third-order valence-corrected chi connectivity index (χ3v) is 12.6. The van der Waals surface area contributed by atoms with Crippen molar-refractivity contribution in [2.45, 2.75) is 78.3 Å². The first-order chi connectivity index (χ1) is 35.4. The smallest absolute Gasteiger partial charge is 0.326 e. The van der Waals surface area contributed by atoms with Gasteiger partial charge in [-0.2, -0.15) is 31.0 Å². The molecule has 6 aromatic rings. The largest absolute Gasteiger partial charge is 0.480 e. The molecule has 0 amide bonds. The Hall–Kier alpha value is -8.30. The number of aromatic nitrogens is 2. The number of nitrogens with zero attached hydrogens (tertiary/aromatic N) is 6. The van der Waals surface area contributed by atoms with Crippen LogP contribution in [0.1, 0.15) is 80.6 Å². The molecule has 378 valence electrons. The second-order valence-corrected chi connectivity index (χ2v) is 18.2. The summed E-state index contributed by atoms with van der Waals surface area (Å²) >= 11 is 13.5. The van der Waals surface area contributed by atoms with Gasteiger partial charge in [-0.3, -0.25) is 20.2 Å². The summed E-state index contributed by atoms with van der Waals surface area (Å²) in [7, 11) is 0. The fourth-order valence-electron chi connectivity index (χ4n) is 7.34. The molecule has 4 aromatic carbocycles. The summed E-state index contributed by atoms with van der Waals surface area (Å²) in [6.45, 7) is 4.63. The molecule has 0 aliphatic heterocycles. The van der Waals surface area contributed by atoms with Crippen molar-refractivity contribution >= 4 is 35.1 Å². The van der Waals surface area contributed by atoms with Gasteiger partial charge in [0, 0.05) is 24.2 Å². The Labute approximate surface area is 436 Å². The van der Waals surface area contributed by atoms with Crippen LogP contribution in [0.4, 0.5) is 0 Å². The highest BCUT2D eigenvalue weighted by molar-refractivity contribution is 6.32. The maximum absolute atomic E-state index is 11.9. The summed E-state index contributed by atoms with van der Waals surface area (Å²) in [6, 6.07) is 31.7. The maximum Gasteiger partial charge on any atom is 0.326 e. The molecule has 0 fully saturated rings. The lowest BCUT2D eigenvalue weighted by Gasteiger charge is -2.24. The van der Waals surface area contributed by atoms with Gasteiger partial charge in [0.2, 0.25) is 23.5 Å². The van der Waals surface area contributed by atoms with Crippen LogP contribution in [0.2, 0.25) is 10.0 Å². The number of nitrogens with one attached hydrogen (secondary N) is 2. The standard InChI is InChI=1S/C54H48Cl2N8O10/c1-31-39(27-73-49-45(55)17-41(23-61-53(3,29-65)51(67)68)47(63-49)71-25-37-13-33(19-57)11-34(14-37)20-58)7-5-9-43(31)44-10-6-8-40(32(44)2)28-74-50-46(56)18-42(24-62-54(4,30-66)52(69)70)48(64-50)72-26-38-15-35(21-59)12-36(16-38)22-60/h5-18,61-62,65-66H,23-30H2,1-4H3,(H,67,68)(H,69,70)/t53-,54-/m1/s1. The summed E-state index contributed by atoms with van der Waals surface area (Å²) in [6.07, 6.45) is 0. The van der Waals surface area contributed by atoms with Crippen LogP contribution in [0.15, 0.2) is 84.9 Å². The van der Waals surface area contributed by atoms with Gasteiger partial charge in [-0.25, -0.2) is 0 Å². The van der Waals surface area contributed by atoms with E-state index < -0.39 is 36.2 Å². The van der Waals surface area contributed by atoms with E-state index in [0.29, 0.717) is 22.3 Å². The minimum Gasteiger partial charge on any atom is -0.480 e. The van der Waals surface area contributed by atoms with Crippen molar-refractivity contribution in [2.75, 3.05) is 13.2 Å². The van der Waals surface area contributed by atoms with Gasteiger partial charge in [0.25, 0.3) is 0 Å². The van der Waals surface area contributed by atoms with Gasteiger partial charge in [0.1, 0.15) is 47.6 Å². The average Bonchev–Trinajstić information content (AvgIpc) is 3.40. The second-order valence-electron chi connectivity index (χ2n) is 17.4. The van der Waals surface area contributed by atoms with E-state index >= 15 is 0 Å². The predicted molar refractivity (Wildman–Crippen MR) is 269 cm³/mol. The highest BCUT2D eigenvalue weighted by atomic mass is 35.5. The molecule has 0 spiro atoms. The fourth-order valence-corrected chi connectivity index (χ4v) is 7.80. The second kappa shape index (κ2) is 24.4. The molecular formula is C54H48Cl2N8O10. The van der Waals surface area contributed by atoms with Crippen LogP contribution in [-0.2, 0) is 49.1 Å². The Morgan fingerprint density at radius 1 is 0.541 bits per heavy atom. The molecule has 0 radical (unpaired) electrons. The van der Waals surface area contributed by atoms with Gasteiger partial charge in [-0.05, 0) is 121 Å². The molecule has 0 aliphatic carbocycles. The summed E-state index contributed by atoms with van der Waals surface area (Å²) < 4.78 is 24.6. The molecule has 2 atom stereocenters. The summed E-state index contributed by atoms with van der Waals surface area (Å²) in [5.74, 6) is -2.51. The average molecular weight is 1040 g/mol. The number of halogens is 2. The summed E-state index contributed by atoms with van der Waals surface area (Å²) in [4.78, 5) is 33.0. The van der Waals surface area contributed by atoms with E-state index in [-0.39, 0.29) is 95.3 Å². The van der Waals surface area contributed by atoms with Crippen molar-refractivity contribution in [2.24, 2.45) is 0 Å². The normalized spacial score (nSPS) is 12.4. The van der Waals surface area contributed by atoms with Gasteiger partial charge in [-0.1, -0.05) is 59.6 Å². The molecule has 6 rings (SSSR count). The lowest BCUT2D eigenvalue weighted by Crippen LogP contribution is -2.52. The Bertz CT molecular complexity index is 3010. The number of aliphatic hydroxyl groups is 2. The third kappa shape index (κ3) is 13.2. The number of nitriles is 4. The molecule has 2 aromatic heterocycles. The summed E-state index contributed by atoms with van der Waals surface area (Å²) in [5.41, 5.74) is 4.40. The van der Waals surface area contributed by atoms with Gasteiger partial charge in [0.15, 0.2) is 0 Å². The van der Waals surface area contributed by atoms with E-state index in [4.69, 9.17) is 42.1 Å². The molecule has 6 N–H and O–H groups in total. The zero-order valence-corrected chi connectivity index (χ0v) is 41.9. The number of rotatable bonds is 23. The van der Waals surface area contributed by atoms with Crippen molar-refractivity contribution in [3.05, 3.63) is 162 Å². The van der Waals surface area contributed by atoms with Crippen LogP contribution in [0.5, 0.6) is 23.5 Å². The number of aliphatic hydroxyl groups excluding tert-OH is 2. The van der Waals surface area contributed by atoms with E-state index in [0.717, 1.165) is 33.4 Å². The number of pyridine rings is 2. The van der Waals surface area contributed by atoms with Crippen LogP contribution in [-0.4, -0.2) is 66.6 Å². The zero-order valence-electron chi connectivity index (χ0n) is 40.4. The Kier molecular flexibility index (Phi) is 18.2. The highest BCUT2D eigenvalue weighted by Gasteiger charge is 2.33. The van der Waals surface area contributed by atoms with E-state index in [1.807, 2.05) is 74.5 Å². The molecule has 0 saturated heterocycles. The number of carbonyl (C=O) groups is 2. The topological polar surface area (TPSA) is 297 Å². The zero-order chi connectivity index (χ0) is 53.7. The highest BCUT2D eigenvalue weighted by Crippen LogP contribution is 2.35. The van der Waals surface area contributed by atoms with Crippen molar-refractivity contribution in [3.8, 4) is 58.9 Å². The van der Waals surface area contributed by atoms with Crippen LogP contribution < -0.4 is 29.6 Å². The number of benzene rings is 4. The van der Waals surface area contributed by atoms with Crippen LogP contribution in [0.3, 0.4) is 0 Å². The van der Waals surface area contributed by atoms with E-state index in [1.165, 1.54) is 38.1 Å². The molecule has 0 aliphatic rings. The molecule has 0 unspecified atom stereocenters. The first-order valence-corrected chi connectivity index (χ1v) is 23.3. The van der Waals surface area contributed by atoms with Crippen LogP contribution in [0, 0.1) is 59.2 Å². The Morgan fingerprint density at radius 3 is 1.19 bits per heavy atom. The van der Waals surface area contributed by atoms with E-state index in [9.17, 15) is 51.1 Å². The molecule has 20 heteroatoms. The number of hydrogen-bond acceptors (Lipinski definition) is 16. The number of ether oxygens (including phenoxy) is 4. The lowest BCUT2D eigenvalue weighted by molar-refractivity contribution is -0.146. The van der Waals surface area contributed by atoms with Crippen molar-refractivity contribution in [1.82, 2.24) is 20.6 Å². The summed E-state index contributed by atoms with van der Waals surface area (Å²) in [5, 5.41) is 83.0. The number of hydrogen-bond donors (Lipinski definition) is 6. The Balaban J connectivity index is 1.24. The van der Waals surface area contributed by atoms with Gasteiger partial charge >= 0.3 is 11.9 Å².